The zero-order chi connectivity index (χ0) is 13.5. The highest BCUT2D eigenvalue weighted by Crippen LogP contribution is 2.37. The fraction of sp³-hybridized carbons (Fsp3) is 0.529. The van der Waals surface area contributed by atoms with Gasteiger partial charge in [0.05, 0.1) is 13.4 Å². The summed E-state index contributed by atoms with van der Waals surface area (Å²) in [5, 5.41) is 0. The maximum Gasteiger partial charge on any atom is 0.118 e. The van der Waals surface area contributed by atoms with E-state index in [-0.39, 0.29) is 0 Å². The SMILES string of the molecule is COc1ccc(C2CCC(CC/C=C/F)CC2)cc1. The molecule has 1 aliphatic carbocycles. The number of halogens is 1. The molecule has 0 aliphatic heterocycles. The maximum atomic E-state index is 11.9. The van der Waals surface area contributed by atoms with Gasteiger partial charge in [0.25, 0.3) is 0 Å². The summed E-state index contributed by atoms with van der Waals surface area (Å²) in [5.74, 6) is 2.40. The minimum absolute atomic E-state index is 0.670. The van der Waals surface area contributed by atoms with Crippen molar-refractivity contribution < 1.29 is 9.13 Å². The van der Waals surface area contributed by atoms with Gasteiger partial charge in [0, 0.05) is 0 Å². The molecule has 1 fully saturated rings. The van der Waals surface area contributed by atoms with Crippen LogP contribution in [0.5, 0.6) is 5.75 Å². The van der Waals surface area contributed by atoms with Crippen molar-refractivity contribution in [2.45, 2.75) is 44.4 Å². The fourth-order valence-corrected chi connectivity index (χ4v) is 3.06. The zero-order valence-electron chi connectivity index (χ0n) is 11.6. The molecule has 0 aromatic heterocycles. The second-order valence-electron chi connectivity index (χ2n) is 5.43. The highest BCUT2D eigenvalue weighted by molar-refractivity contribution is 5.29. The largest absolute Gasteiger partial charge is 0.497 e. The quantitative estimate of drug-likeness (QED) is 0.705. The molecular weight excluding hydrogens is 239 g/mol. The normalized spacial score (nSPS) is 23.7. The van der Waals surface area contributed by atoms with Gasteiger partial charge in [-0.2, -0.15) is 0 Å². The Kier molecular flexibility index (Phi) is 5.44. The lowest BCUT2D eigenvalue weighted by molar-refractivity contribution is 0.311. The summed E-state index contributed by atoms with van der Waals surface area (Å²) in [5.41, 5.74) is 1.43. The summed E-state index contributed by atoms with van der Waals surface area (Å²) in [7, 11) is 1.70. The van der Waals surface area contributed by atoms with Crippen LogP contribution < -0.4 is 4.74 Å². The van der Waals surface area contributed by atoms with Crippen molar-refractivity contribution in [1.82, 2.24) is 0 Å². The lowest BCUT2D eigenvalue weighted by Gasteiger charge is -2.28. The molecule has 1 aromatic carbocycles. The highest BCUT2D eigenvalue weighted by Gasteiger charge is 2.21. The van der Waals surface area contributed by atoms with Gasteiger partial charge in [0.1, 0.15) is 5.75 Å². The van der Waals surface area contributed by atoms with Gasteiger partial charge >= 0.3 is 0 Å². The number of ether oxygens (including phenoxy) is 1. The Bertz CT molecular complexity index is 388. The van der Waals surface area contributed by atoms with Gasteiger partial charge in [-0.05, 0) is 68.1 Å². The van der Waals surface area contributed by atoms with Gasteiger partial charge in [0.15, 0.2) is 0 Å². The minimum atomic E-state index is 0.670. The topological polar surface area (TPSA) is 9.23 Å². The molecule has 0 heterocycles. The summed E-state index contributed by atoms with van der Waals surface area (Å²) in [6.45, 7) is 0. The summed E-state index contributed by atoms with van der Waals surface area (Å²) in [4.78, 5) is 0. The second-order valence-corrected chi connectivity index (χ2v) is 5.43. The van der Waals surface area contributed by atoms with Crippen LogP contribution in [0.2, 0.25) is 0 Å². The van der Waals surface area contributed by atoms with E-state index in [0.717, 1.165) is 24.5 Å². The first-order valence-electron chi connectivity index (χ1n) is 7.22. The van der Waals surface area contributed by atoms with E-state index in [4.69, 9.17) is 4.74 Å². The van der Waals surface area contributed by atoms with Crippen molar-refractivity contribution in [3.8, 4) is 5.75 Å². The van der Waals surface area contributed by atoms with Crippen LogP contribution >= 0.6 is 0 Å². The fourth-order valence-electron chi connectivity index (χ4n) is 3.06. The smallest absolute Gasteiger partial charge is 0.118 e. The molecule has 0 amide bonds. The summed E-state index contributed by atoms with van der Waals surface area (Å²) >= 11 is 0. The number of hydrogen-bond donors (Lipinski definition) is 0. The number of methoxy groups -OCH3 is 1. The van der Waals surface area contributed by atoms with Gasteiger partial charge in [-0.25, -0.2) is 4.39 Å². The third-order valence-electron chi connectivity index (χ3n) is 4.26. The third kappa shape index (κ3) is 4.09. The molecule has 2 rings (SSSR count). The van der Waals surface area contributed by atoms with Crippen LogP contribution in [0, 0.1) is 5.92 Å². The monoisotopic (exact) mass is 262 g/mol. The maximum absolute atomic E-state index is 11.9. The number of benzene rings is 1. The average Bonchev–Trinajstić information content (AvgIpc) is 2.48. The summed E-state index contributed by atoms with van der Waals surface area (Å²) in [6.07, 6.45) is 9.39. The molecule has 1 nitrogen and oxygen atoms in total. The van der Waals surface area contributed by atoms with Gasteiger partial charge in [0.2, 0.25) is 0 Å². The molecule has 0 N–H and O–H groups in total. The lowest BCUT2D eigenvalue weighted by Crippen LogP contribution is -2.13. The molecule has 0 bridgehead atoms. The van der Waals surface area contributed by atoms with Gasteiger partial charge < -0.3 is 4.74 Å². The Labute approximate surface area is 115 Å². The summed E-state index contributed by atoms with van der Waals surface area (Å²) < 4.78 is 17.1. The van der Waals surface area contributed by atoms with Crippen LogP contribution in [-0.4, -0.2) is 7.11 Å². The van der Waals surface area contributed by atoms with E-state index in [2.05, 4.69) is 12.1 Å². The lowest BCUT2D eigenvalue weighted by atomic mass is 9.77. The molecule has 2 heteroatoms. The highest BCUT2D eigenvalue weighted by atomic mass is 19.1. The van der Waals surface area contributed by atoms with Crippen LogP contribution in [0.4, 0.5) is 4.39 Å². The van der Waals surface area contributed by atoms with Crippen molar-refractivity contribution in [1.29, 1.82) is 0 Å². The first-order chi connectivity index (χ1) is 9.33. The van der Waals surface area contributed by atoms with Gasteiger partial charge in [-0.1, -0.05) is 18.2 Å². The van der Waals surface area contributed by atoms with E-state index < -0.39 is 0 Å². The Morgan fingerprint density at radius 1 is 1.16 bits per heavy atom. The molecule has 0 saturated heterocycles. The Morgan fingerprint density at radius 2 is 1.84 bits per heavy atom. The van der Waals surface area contributed by atoms with E-state index in [1.807, 2.05) is 12.1 Å². The molecule has 0 unspecified atom stereocenters. The van der Waals surface area contributed by atoms with Crippen molar-refractivity contribution in [3.05, 3.63) is 42.2 Å². The van der Waals surface area contributed by atoms with Crippen molar-refractivity contribution in [2.75, 3.05) is 7.11 Å². The number of hydrogen-bond acceptors (Lipinski definition) is 1. The van der Waals surface area contributed by atoms with E-state index in [1.54, 1.807) is 13.2 Å². The Hall–Kier alpha value is -1.31. The average molecular weight is 262 g/mol. The molecular formula is C17H23FO. The first kappa shape index (κ1) is 14.1. The van der Waals surface area contributed by atoms with Crippen LogP contribution in [-0.2, 0) is 0 Å². The van der Waals surface area contributed by atoms with Crippen molar-refractivity contribution in [2.24, 2.45) is 5.92 Å². The van der Waals surface area contributed by atoms with Crippen LogP contribution in [0.3, 0.4) is 0 Å². The molecule has 19 heavy (non-hydrogen) atoms. The zero-order valence-corrected chi connectivity index (χ0v) is 11.6. The molecule has 0 atom stereocenters. The predicted molar refractivity (Wildman–Crippen MR) is 77.2 cm³/mol. The van der Waals surface area contributed by atoms with Crippen molar-refractivity contribution in [3.63, 3.8) is 0 Å². The van der Waals surface area contributed by atoms with E-state index in [9.17, 15) is 4.39 Å². The number of allylic oxidation sites excluding steroid dienone is 1. The Balaban J connectivity index is 1.81. The summed E-state index contributed by atoms with van der Waals surface area (Å²) in [6, 6.07) is 8.48. The molecule has 0 radical (unpaired) electrons. The van der Waals surface area contributed by atoms with Crippen LogP contribution in [0.1, 0.15) is 50.0 Å². The van der Waals surface area contributed by atoms with Crippen molar-refractivity contribution >= 4 is 0 Å². The molecule has 1 aromatic rings. The van der Waals surface area contributed by atoms with Gasteiger partial charge in [-0.3, -0.25) is 0 Å². The molecule has 0 spiro atoms. The minimum Gasteiger partial charge on any atom is -0.497 e. The third-order valence-corrected chi connectivity index (χ3v) is 4.26. The standard InChI is InChI=1S/C17H23FO/c1-19-17-11-9-16(10-12-17)15-7-5-14(6-8-15)4-2-3-13-18/h3,9-15H,2,4-8H2,1H3/b13-3+. The number of rotatable bonds is 5. The van der Waals surface area contributed by atoms with E-state index >= 15 is 0 Å². The molecule has 1 saturated carbocycles. The van der Waals surface area contributed by atoms with Gasteiger partial charge in [-0.15, -0.1) is 0 Å². The first-order valence-corrected chi connectivity index (χ1v) is 7.22. The van der Waals surface area contributed by atoms with E-state index in [0.29, 0.717) is 12.2 Å². The second kappa shape index (κ2) is 7.32. The van der Waals surface area contributed by atoms with Crippen LogP contribution in [0.15, 0.2) is 36.7 Å². The van der Waals surface area contributed by atoms with E-state index in [1.165, 1.54) is 31.2 Å². The molecule has 104 valence electrons. The van der Waals surface area contributed by atoms with Crippen LogP contribution in [0.25, 0.3) is 0 Å². The molecule has 1 aliphatic rings. The Morgan fingerprint density at radius 3 is 2.42 bits per heavy atom. The predicted octanol–water partition coefficient (Wildman–Crippen LogP) is 5.23.